The molecule has 0 bridgehead atoms. The summed E-state index contributed by atoms with van der Waals surface area (Å²) >= 11 is 6.18. The number of hydrogen-bond donors (Lipinski definition) is 2. The molecule has 0 aliphatic rings. The molecule has 2 aromatic carbocycles. The van der Waals surface area contributed by atoms with Crippen molar-refractivity contribution in [1.29, 1.82) is 0 Å². The van der Waals surface area contributed by atoms with Gasteiger partial charge < -0.3 is 15.4 Å². The highest BCUT2D eigenvalue weighted by Gasteiger charge is 2.17. The van der Waals surface area contributed by atoms with Crippen LogP contribution in [0.3, 0.4) is 0 Å². The molecule has 9 heteroatoms. The molecule has 3 aromatic rings. The minimum absolute atomic E-state index is 0.0552. The van der Waals surface area contributed by atoms with E-state index in [-0.39, 0.29) is 23.1 Å². The van der Waals surface area contributed by atoms with Crippen LogP contribution in [0.5, 0.6) is 0 Å². The lowest BCUT2D eigenvalue weighted by Crippen LogP contribution is -2.29. The lowest BCUT2D eigenvalue weighted by molar-refractivity contribution is -0.119. The maximum atomic E-state index is 13.2. The van der Waals surface area contributed by atoms with Crippen LogP contribution < -0.4 is 16.2 Å². The number of rotatable bonds is 6. The van der Waals surface area contributed by atoms with E-state index in [0.717, 1.165) is 0 Å². The van der Waals surface area contributed by atoms with Gasteiger partial charge in [-0.05, 0) is 61.0 Å². The van der Waals surface area contributed by atoms with E-state index >= 15 is 0 Å². The fourth-order valence-electron chi connectivity index (χ4n) is 2.91. The van der Waals surface area contributed by atoms with Gasteiger partial charge in [-0.2, -0.15) is 0 Å². The zero-order valence-electron chi connectivity index (χ0n) is 16.7. The molecule has 0 radical (unpaired) electrons. The number of carbonyl (C=O) groups excluding carboxylic acids is 2. The summed E-state index contributed by atoms with van der Waals surface area (Å²) in [4.78, 5) is 37.4. The van der Waals surface area contributed by atoms with Crippen LogP contribution in [0.1, 0.15) is 15.9 Å². The summed E-state index contributed by atoms with van der Waals surface area (Å²) in [5.74, 6) is -1.42. The SMILES string of the molecule is COCC(=O)Nc1ccc(NC(=O)c2c(C)ccn(-c3ccc(F)cc3)c2=O)cc1Cl. The Morgan fingerprint density at radius 1 is 1.10 bits per heavy atom. The molecular formula is C22H19ClFN3O4. The van der Waals surface area contributed by atoms with Crippen molar-refractivity contribution in [2.24, 2.45) is 0 Å². The molecule has 1 heterocycles. The molecule has 0 fully saturated rings. The molecule has 2 amide bonds. The summed E-state index contributed by atoms with van der Waals surface area (Å²) < 4.78 is 19.2. The monoisotopic (exact) mass is 443 g/mol. The number of halogens is 2. The molecule has 3 rings (SSSR count). The number of aromatic nitrogens is 1. The van der Waals surface area contributed by atoms with Crippen LogP contribution in [-0.2, 0) is 9.53 Å². The van der Waals surface area contributed by atoms with Crippen molar-refractivity contribution in [2.75, 3.05) is 24.4 Å². The molecule has 0 aliphatic carbocycles. The number of nitrogens with one attached hydrogen (secondary N) is 2. The first-order valence-corrected chi connectivity index (χ1v) is 9.56. The minimum Gasteiger partial charge on any atom is -0.375 e. The van der Waals surface area contributed by atoms with Gasteiger partial charge in [0.1, 0.15) is 18.0 Å². The summed E-state index contributed by atoms with van der Waals surface area (Å²) in [5, 5.41) is 5.43. The third kappa shape index (κ3) is 5.17. The Hall–Kier alpha value is -3.49. The Bertz CT molecular complexity index is 1190. The normalized spacial score (nSPS) is 10.6. The van der Waals surface area contributed by atoms with Crippen molar-refractivity contribution >= 4 is 34.8 Å². The van der Waals surface area contributed by atoms with Crippen molar-refractivity contribution < 1.29 is 18.7 Å². The lowest BCUT2D eigenvalue weighted by Gasteiger charge is -2.12. The highest BCUT2D eigenvalue weighted by molar-refractivity contribution is 6.34. The Balaban J connectivity index is 1.86. The average Bonchev–Trinajstić information content (AvgIpc) is 2.71. The number of nitrogens with zero attached hydrogens (tertiary/aromatic N) is 1. The molecule has 160 valence electrons. The Morgan fingerprint density at radius 2 is 1.81 bits per heavy atom. The molecule has 1 aromatic heterocycles. The quantitative estimate of drug-likeness (QED) is 0.606. The number of hydrogen-bond acceptors (Lipinski definition) is 4. The number of pyridine rings is 1. The van der Waals surface area contributed by atoms with Crippen LogP contribution in [-0.4, -0.2) is 30.1 Å². The van der Waals surface area contributed by atoms with Crippen LogP contribution in [0.2, 0.25) is 5.02 Å². The fraction of sp³-hybridized carbons (Fsp3) is 0.136. The number of benzene rings is 2. The fourth-order valence-corrected chi connectivity index (χ4v) is 3.14. The third-order valence-electron chi connectivity index (χ3n) is 4.41. The topological polar surface area (TPSA) is 89.4 Å². The predicted octanol–water partition coefficient (Wildman–Crippen LogP) is 3.78. The molecule has 0 unspecified atom stereocenters. The second-order valence-electron chi connectivity index (χ2n) is 6.66. The molecule has 7 nitrogen and oxygen atoms in total. The molecule has 0 atom stereocenters. The van der Waals surface area contributed by atoms with E-state index in [2.05, 4.69) is 10.6 Å². The average molecular weight is 444 g/mol. The summed E-state index contributed by atoms with van der Waals surface area (Å²) in [6.45, 7) is 1.52. The molecule has 0 aliphatic heterocycles. The second-order valence-corrected chi connectivity index (χ2v) is 7.06. The molecule has 31 heavy (non-hydrogen) atoms. The van der Waals surface area contributed by atoms with Crippen LogP contribution in [0.4, 0.5) is 15.8 Å². The number of methoxy groups -OCH3 is 1. The smallest absolute Gasteiger partial charge is 0.268 e. The van der Waals surface area contributed by atoms with Crippen molar-refractivity contribution in [1.82, 2.24) is 4.57 Å². The number of anilines is 2. The zero-order chi connectivity index (χ0) is 22.5. The van der Waals surface area contributed by atoms with Gasteiger partial charge in [-0.3, -0.25) is 19.0 Å². The zero-order valence-corrected chi connectivity index (χ0v) is 17.5. The summed E-state index contributed by atoms with van der Waals surface area (Å²) in [5.41, 5.74) is 1.01. The van der Waals surface area contributed by atoms with Gasteiger partial charge in [0.2, 0.25) is 5.91 Å². The molecule has 0 saturated carbocycles. The Labute approximate surface area is 182 Å². The van der Waals surface area contributed by atoms with Gasteiger partial charge in [-0.25, -0.2) is 4.39 Å². The van der Waals surface area contributed by atoms with E-state index in [1.54, 1.807) is 19.1 Å². The highest BCUT2D eigenvalue weighted by atomic mass is 35.5. The molecule has 2 N–H and O–H groups in total. The summed E-state index contributed by atoms with van der Waals surface area (Å²) in [7, 11) is 1.40. The van der Waals surface area contributed by atoms with E-state index in [1.807, 2.05) is 0 Å². The first-order chi connectivity index (χ1) is 14.8. The van der Waals surface area contributed by atoms with Crippen LogP contribution in [0, 0.1) is 12.7 Å². The van der Waals surface area contributed by atoms with Gasteiger partial charge in [0.15, 0.2) is 0 Å². The number of amides is 2. The van der Waals surface area contributed by atoms with Crippen LogP contribution in [0.25, 0.3) is 5.69 Å². The van der Waals surface area contributed by atoms with Gasteiger partial charge in [-0.15, -0.1) is 0 Å². The molecule has 0 saturated heterocycles. The van der Waals surface area contributed by atoms with E-state index in [9.17, 15) is 18.8 Å². The van der Waals surface area contributed by atoms with Crippen molar-refractivity contribution in [3.8, 4) is 5.69 Å². The van der Waals surface area contributed by atoms with E-state index < -0.39 is 17.3 Å². The minimum atomic E-state index is -0.619. The number of aryl methyl sites for hydroxylation is 1. The number of ether oxygens (including phenoxy) is 1. The maximum absolute atomic E-state index is 13.2. The summed E-state index contributed by atoms with van der Waals surface area (Å²) in [6, 6.07) is 11.5. The summed E-state index contributed by atoms with van der Waals surface area (Å²) in [6.07, 6.45) is 1.52. The Morgan fingerprint density at radius 3 is 2.45 bits per heavy atom. The predicted molar refractivity (Wildman–Crippen MR) is 117 cm³/mol. The van der Waals surface area contributed by atoms with Crippen molar-refractivity contribution in [3.05, 3.63) is 87.0 Å². The first kappa shape index (κ1) is 22.2. The van der Waals surface area contributed by atoms with Crippen LogP contribution >= 0.6 is 11.6 Å². The van der Waals surface area contributed by atoms with Crippen molar-refractivity contribution in [2.45, 2.75) is 6.92 Å². The van der Waals surface area contributed by atoms with Gasteiger partial charge in [0.05, 0.1) is 10.7 Å². The Kier molecular flexibility index (Phi) is 6.84. The largest absolute Gasteiger partial charge is 0.375 e. The van der Waals surface area contributed by atoms with Gasteiger partial charge in [-0.1, -0.05) is 11.6 Å². The number of carbonyl (C=O) groups is 2. The highest BCUT2D eigenvalue weighted by Crippen LogP contribution is 2.26. The first-order valence-electron chi connectivity index (χ1n) is 9.18. The maximum Gasteiger partial charge on any atom is 0.268 e. The third-order valence-corrected chi connectivity index (χ3v) is 4.72. The van der Waals surface area contributed by atoms with E-state index in [1.165, 1.54) is 54.3 Å². The van der Waals surface area contributed by atoms with Gasteiger partial charge in [0.25, 0.3) is 11.5 Å². The van der Waals surface area contributed by atoms with E-state index in [0.29, 0.717) is 22.6 Å². The van der Waals surface area contributed by atoms with Gasteiger partial charge >= 0.3 is 0 Å². The molecule has 0 spiro atoms. The molecular weight excluding hydrogens is 425 g/mol. The van der Waals surface area contributed by atoms with Crippen molar-refractivity contribution in [3.63, 3.8) is 0 Å². The second kappa shape index (κ2) is 9.55. The lowest BCUT2D eigenvalue weighted by atomic mass is 10.1. The van der Waals surface area contributed by atoms with E-state index in [4.69, 9.17) is 16.3 Å². The van der Waals surface area contributed by atoms with Crippen LogP contribution in [0.15, 0.2) is 59.5 Å². The van der Waals surface area contributed by atoms with Gasteiger partial charge in [0, 0.05) is 24.7 Å². The standard InChI is InChI=1S/C22H19ClFN3O4/c1-13-9-10-27(16-6-3-14(24)4-7-16)22(30)20(13)21(29)25-15-5-8-18(17(23)11-15)26-19(28)12-31-2/h3-11H,12H2,1-2H3,(H,25,29)(H,26,28).